The van der Waals surface area contributed by atoms with Gasteiger partial charge in [-0.2, -0.15) is 0 Å². The van der Waals surface area contributed by atoms with Gasteiger partial charge in [-0.05, 0) is 73.0 Å². The summed E-state index contributed by atoms with van der Waals surface area (Å²) in [6, 6.07) is 19.5. The van der Waals surface area contributed by atoms with Crippen LogP contribution < -0.4 is 25.3 Å². The van der Waals surface area contributed by atoms with Crippen LogP contribution in [0.25, 0.3) is 0 Å². The van der Waals surface area contributed by atoms with Gasteiger partial charge in [-0.1, -0.05) is 25.0 Å². The fourth-order valence-electron chi connectivity index (χ4n) is 4.89. The van der Waals surface area contributed by atoms with Crippen molar-refractivity contribution in [2.24, 2.45) is 5.73 Å². The molecule has 2 amide bonds. The van der Waals surface area contributed by atoms with Crippen LogP contribution in [0.4, 0.5) is 5.69 Å². The Morgan fingerprint density at radius 3 is 2.26 bits per heavy atom. The minimum Gasteiger partial charge on any atom is -0.497 e. The number of carbonyl (C=O) groups is 2. The van der Waals surface area contributed by atoms with Crippen LogP contribution in [0.2, 0.25) is 0 Å². The summed E-state index contributed by atoms with van der Waals surface area (Å²) >= 11 is 0. The summed E-state index contributed by atoms with van der Waals surface area (Å²) < 4.78 is 15.9. The molecule has 4 rings (SSSR count). The molecule has 2 atom stereocenters. The number of methoxy groups -OCH3 is 3. The van der Waals surface area contributed by atoms with E-state index in [9.17, 15) is 9.59 Å². The molecule has 3 N–H and O–H groups in total. The van der Waals surface area contributed by atoms with E-state index < -0.39 is 0 Å². The number of carbonyl (C=O) groups excluding carboxylic acids is 2. The van der Waals surface area contributed by atoms with E-state index in [0.29, 0.717) is 40.6 Å². The molecule has 8 nitrogen and oxygen atoms in total. The number of benzene rings is 3. The lowest BCUT2D eigenvalue weighted by atomic mass is 9.89. The van der Waals surface area contributed by atoms with E-state index >= 15 is 0 Å². The minimum atomic E-state index is -0.225. The zero-order valence-electron chi connectivity index (χ0n) is 22.1. The second-order valence-electron chi connectivity index (χ2n) is 9.40. The van der Waals surface area contributed by atoms with E-state index in [0.717, 1.165) is 31.2 Å². The summed E-state index contributed by atoms with van der Waals surface area (Å²) in [5.41, 5.74) is 9.10. The van der Waals surface area contributed by atoms with E-state index in [1.165, 1.54) is 0 Å². The molecule has 0 aromatic heterocycles. The van der Waals surface area contributed by atoms with Crippen LogP contribution in [0.3, 0.4) is 0 Å². The molecular formula is C30H35N3O5. The van der Waals surface area contributed by atoms with Crippen molar-refractivity contribution < 1.29 is 23.8 Å². The predicted octanol–water partition coefficient (Wildman–Crippen LogP) is 4.88. The van der Waals surface area contributed by atoms with Gasteiger partial charge in [0.1, 0.15) is 5.75 Å². The average Bonchev–Trinajstić information content (AvgIpc) is 2.95. The van der Waals surface area contributed by atoms with Gasteiger partial charge in [0, 0.05) is 35.4 Å². The third-order valence-corrected chi connectivity index (χ3v) is 6.96. The van der Waals surface area contributed by atoms with Crippen molar-refractivity contribution in [3.63, 3.8) is 0 Å². The molecule has 2 unspecified atom stereocenters. The summed E-state index contributed by atoms with van der Waals surface area (Å²) in [7, 11) is 4.69. The topological polar surface area (TPSA) is 103 Å². The molecule has 0 heterocycles. The molecule has 1 saturated carbocycles. The third kappa shape index (κ3) is 6.26. The molecular weight excluding hydrogens is 482 g/mol. The first-order chi connectivity index (χ1) is 18.4. The maximum Gasteiger partial charge on any atom is 0.255 e. The van der Waals surface area contributed by atoms with E-state index in [1.54, 1.807) is 63.8 Å². The standard InChI is InChI=1S/C30H35N3O5/c1-36-24-14-11-21(12-15-24)29(34)32-23-8-6-7-20(17-23)19-33(26-10-5-4-9-25(26)31)30(35)22-13-16-27(37-2)28(18-22)38-3/h6-8,11-18,25-26H,4-5,9-10,19,31H2,1-3H3,(H,32,34). The summed E-state index contributed by atoms with van der Waals surface area (Å²) in [4.78, 5) is 28.5. The monoisotopic (exact) mass is 517 g/mol. The highest BCUT2D eigenvalue weighted by Crippen LogP contribution is 2.30. The van der Waals surface area contributed by atoms with Crippen molar-refractivity contribution in [3.8, 4) is 17.2 Å². The molecule has 0 bridgehead atoms. The Kier molecular flexibility index (Phi) is 8.86. The zero-order chi connectivity index (χ0) is 27.1. The molecule has 200 valence electrons. The van der Waals surface area contributed by atoms with Crippen molar-refractivity contribution in [1.29, 1.82) is 0 Å². The molecule has 38 heavy (non-hydrogen) atoms. The summed E-state index contributed by atoms with van der Waals surface area (Å²) in [5.74, 6) is 1.39. The molecule has 8 heteroatoms. The van der Waals surface area contributed by atoms with Crippen molar-refractivity contribution in [1.82, 2.24) is 4.90 Å². The summed E-state index contributed by atoms with van der Waals surface area (Å²) in [6.45, 7) is 0.359. The first kappa shape index (κ1) is 27.0. The Bertz CT molecular complexity index is 1260. The third-order valence-electron chi connectivity index (χ3n) is 6.96. The lowest BCUT2D eigenvalue weighted by Gasteiger charge is -2.38. The number of hydrogen-bond acceptors (Lipinski definition) is 6. The van der Waals surface area contributed by atoms with Crippen LogP contribution in [-0.2, 0) is 6.54 Å². The Morgan fingerprint density at radius 1 is 0.868 bits per heavy atom. The average molecular weight is 518 g/mol. The maximum atomic E-state index is 13.9. The largest absolute Gasteiger partial charge is 0.497 e. The van der Waals surface area contributed by atoms with Crippen LogP contribution >= 0.6 is 0 Å². The number of nitrogens with two attached hydrogens (primary N) is 1. The van der Waals surface area contributed by atoms with Gasteiger partial charge >= 0.3 is 0 Å². The highest BCUT2D eigenvalue weighted by molar-refractivity contribution is 6.04. The quantitative estimate of drug-likeness (QED) is 0.420. The first-order valence-corrected chi connectivity index (χ1v) is 12.8. The Labute approximate surface area is 223 Å². The van der Waals surface area contributed by atoms with Crippen LogP contribution in [0.5, 0.6) is 17.2 Å². The van der Waals surface area contributed by atoms with E-state index in [-0.39, 0.29) is 23.9 Å². The van der Waals surface area contributed by atoms with Gasteiger partial charge in [0.05, 0.1) is 21.3 Å². The fraction of sp³-hybridized carbons (Fsp3) is 0.333. The van der Waals surface area contributed by atoms with Crippen molar-refractivity contribution >= 4 is 17.5 Å². The lowest BCUT2D eigenvalue weighted by Crippen LogP contribution is -2.51. The van der Waals surface area contributed by atoms with Crippen LogP contribution in [0.1, 0.15) is 52.0 Å². The van der Waals surface area contributed by atoms with Crippen LogP contribution in [0, 0.1) is 0 Å². The van der Waals surface area contributed by atoms with Gasteiger partial charge in [0.2, 0.25) is 0 Å². The van der Waals surface area contributed by atoms with Crippen LogP contribution in [-0.4, -0.2) is 50.1 Å². The molecule has 0 saturated heterocycles. The predicted molar refractivity (Wildman–Crippen MR) is 147 cm³/mol. The smallest absolute Gasteiger partial charge is 0.255 e. The van der Waals surface area contributed by atoms with Crippen molar-refractivity contribution in [2.45, 2.75) is 44.3 Å². The van der Waals surface area contributed by atoms with Gasteiger partial charge in [-0.25, -0.2) is 0 Å². The summed E-state index contributed by atoms with van der Waals surface area (Å²) in [6.07, 6.45) is 3.79. The number of nitrogens with zero attached hydrogens (tertiary/aromatic N) is 1. The Hall–Kier alpha value is -4.04. The molecule has 0 spiro atoms. The van der Waals surface area contributed by atoms with Gasteiger partial charge < -0.3 is 30.2 Å². The van der Waals surface area contributed by atoms with Crippen molar-refractivity contribution in [3.05, 3.63) is 83.4 Å². The zero-order valence-corrected chi connectivity index (χ0v) is 22.1. The fourth-order valence-corrected chi connectivity index (χ4v) is 4.89. The highest BCUT2D eigenvalue weighted by atomic mass is 16.5. The highest BCUT2D eigenvalue weighted by Gasteiger charge is 2.32. The molecule has 1 aliphatic rings. The van der Waals surface area contributed by atoms with E-state index in [2.05, 4.69) is 5.32 Å². The number of amides is 2. The second-order valence-corrected chi connectivity index (χ2v) is 9.40. The van der Waals surface area contributed by atoms with E-state index in [1.807, 2.05) is 29.2 Å². The van der Waals surface area contributed by atoms with Gasteiger partial charge in [0.25, 0.3) is 11.8 Å². The molecule has 3 aromatic rings. The van der Waals surface area contributed by atoms with Crippen molar-refractivity contribution in [2.75, 3.05) is 26.6 Å². The maximum absolute atomic E-state index is 13.9. The van der Waals surface area contributed by atoms with Crippen LogP contribution in [0.15, 0.2) is 66.7 Å². The molecule has 0 radical (unpaired) electrons. The second kappa shape index (κ2) is 12.5. The van der Waals surface area contributed by atoms with Gasteiger partial charge in [0.15, 0.2) is 11.5 Å². The number of rotatable bonds is 9. The first-order valence-electron chi connectivity index (χ1n) is 12.8. The lowest BCUT2D eigenvalue weighted by molar-refractivity contribution is 0.0583. The normalized spacial score (nSPS) is 16.8. The number of hydrogen-bond donors (Lipinski definition) is 2. The van der Waals surface area contributed by atoms with Gasteiger partial charge in [-0.3, -0.25) is 9.59 Å². The number of ether oxygens (including phenoxy) is 3. The number of nitrogens with one attached hydrogen (secondary N) is 1. The molecule has 1 fully saturated rings. The minimum absolute atomic E-state index is 0.0955. The molecule has 3 aromatic carbocycles. The Balaban J connectivity index is 1.58. The molecule has 1 aliphatic carbocycles. The molecule has 0 aliphatic heterocycles. The Morgan fingerprint density at radius 2 is 1.58 bits per heavy atom. The summed E-state index contributed by atoms with van der Waals surface area (Å²) in [5, 5.41) is 2.95. The number of anilines is 1. The SMILES string of the molecule is COc1ccc(C(=O)Nc2cccc(CN(C(=O)c3ccc(OC)c(OC)c3)C3CCCCC3N)c2)cc1. The van der Waals surface area contributed by atoms with Gasteiger partial charge in [-0.15, -0.1) is 0 Å². The van der Waals surface area contributed by atoms with E-state index in [4.69, 9.17) is 19.9 Å².